The summed E-state index contributed by atoms with van der Waals surface area (Å²) >= 11 is 0. The van der Waals surface area contributed by atoms with Crippen molar-refractivity contribution >= 4 is 8.41 Å². The van der Waals surface area contributed by atoms with E-state index >= 15 is 0 Å². The molecule has 6 N–H and O–H groups in total. The molecule has 6 aliphatic heterocycles. The van der Waals surface area contributed by atoms with Crippen LogP contribution in [0.15, 0.2) is 0 Å². The maximum absolute atomic E-state index is 5.53. The van der Waals surface area contributed by atoms with Gasteiger partial charge in [0.25, 0.3) is 0 Å². The lowest BCUT2D eigenvalue weighted by molar-refractivity contribution is -0.00785. The molecule has 437 valence electrons. The van der Waals surface area contributed by atoms with Gasteiger partial charge in [-0.1, -0.05) is 138 Å². The van der Waals surface area contributed by atoms with E-state index in [0.29, 0.717) is 41.4 Å². The minimum atomic E-state index is 0. The third kappa shape index (κ3) is 52.8. The zero-order valence-corrected chi connectivity index (χ0v) is 45.7. The minimum Gasteiger partial charge on any atom is -0.380 e. The fourth-order valence-corrected chi connectivity index (χ4v) is 7.35. The van der Waals surface area contributed by atoms with Gasteiger partial charge in [-0.15, -0.1) is 0 Å². The second-order valence-corrected chi connectivity index (χ2v) is 21.0. The Bertz CT molecular complexity index is 857. The van der Waals surface area contributed by atoms with Crippen molar-refractivity contribution in [2.24, 2.45) is 29.1 Å². The second kappa shape index (κ2) is 54.4. The first-order valence-electron chi connectivity index (χ1n) is 26.4. The SMILES string of the molecule is C.C.C.C.C.C.CC.CC1(C)CCNCCO1.CC1(C)CNCCCO1.CC1(C)CNCCOC1.CC1CCCCCC1.CC1CNCCOC1C.CC1CNCCOC1C.CC1COCCNC1C.[B]. The average Bonchev–Trinajstić information content (AvgIpc) is 3.94. The van der Waals surface area contributed by atoms with Crippen LogP contribution in [0.4, 0.5) is 0 Å². The fourth-order valence-electron chi connectivity index (χ4n) is 7.35. The zero-order chi connectivity index (χ0) is 48.1. The van der Waals surface area contributed by atoms with Crippen LogP contribution in [0.5, 0.6) is 0 Å². The van der Waals surface area contributed by atoms with E-state index in [1.54, 1.807) is 0 Å². The normalized spacial score (nSPS) is 27.8. The van der Waals surface area contributed by atoms with E-state index < -0.39 is 0 Å². The van der Waals surface area contributed by atoms with E-state index in [1.807, 2.05) is 13.8 Å². The van der Waals surface area contributed by atoms with Gasteiger partial charge >= 0.3 is 0 Å². The van der Waals surface area contributed by atoms with Crippen LogP contribution >= 0.6 is 0 Å². The van der Waals surface area contributed by atoms with Gasteiger partial charge in [-0.05, 0) is 98.1 Å². The number of hydrogen-bond donors (Lipinski definition) is 6. The largest absolute Gasteiger partial charge is 0.380 e. The number of nitrogens with one attached hydrogen (secondary N) is 6. The van der Waals surface area contributed by atoms with Gasteiger partial charge < -0.3 is 60.3 Å². The summed E-state index contributed by atoms with van der Waals surface area (Å²) in [6, 6.07) is 0.618. The lowest BCUT2D eigenvalue weighted by atomic mass is 9.95. The van der Waals surface area contributed by atoms with E-state index in [4.69, 9.17) is 28.4 Å². The summed E-state index contributed by atoms with van der Waals surface area (Å²) in [6.07, 6.45) is 12.0. The van der Waals surface area contributed by atoms with Crippen LogP contribution in [0.3, 0.4) is 0 Å². The highest BCUT2D eigenvalue weighted by molar-refractivity contribution is 5.75. The van der Waals surface area contributed by atoms with E-state index in [1.165, 1.54) is 38.5 Å². The first-order valence-corrected chi connectivity index (χ1v) is 26.4. The molecule has 1 aliphatic carbocycles. The molecule has 0 spiro atoms. The third-order valence-corrected chi connectivity index (χ3v) is 12.7. The van der Waals surface area contributed by atoms with E-state index in [-0.39, 0.29) is 64.2 Å². The molecule has 7 fully saturated rings. The molecule has 0 bridgehead atoms. The summed E-state index contributed by atoms with van der Waals surface area (Å²) < 4.78 is 32.6. The lowest BCUT2D eigenvalue weighted by Gasteiger charge is -2.21. The van der Waals surface area contributed by atoms with Crippen molar-refractivity contribution in [1.82, 2.24) is 31.9 Å². The maximum Gasteiger partial charge on any atom is 0.0750 e. The molecule has 0 aromatic carbocycles. The highest BCUT2D eigenvalue weighted by Gasteiger charge is 2.21. The molecular weight excluding hydrogens is 887 g/mol. The Labute approximate surface area is 450 Å². The highest BCUT2D eigenvalue weighted by atomic mass is 16.5. The number of hydrogen-bond acceptors (Lipinski definition) is 12. The smallest absolute Gasteiger partial charge is 0.0750 e. The van der Waals surface area contributed by atoms with Crippen molar-refractivity contribution in [3.63, 3.8) is 0 Å². The van der Waals surface area contributed by atoms with Crippen LogP contribution in [0.25, 0.3) is 0 Å². The average molecular weight is 1020 g/mol. The first kappa shape index (κ1) is 87.3. The van der Waals surface area contributed by atoms with Crippen LogP contribution in [0.1, 0.15) is 200 Å². The summed E-state index contributed by atoms with van der Waals surface area (Å²) in [7, 11) is 0. The van der Waals surface area contributed by atoms with Crippen molar-refractivity contribution in [2.45, 2.75) is 229 Å². The summed E-state index contributed by atoms with van der Waals surface area (Å²) in [4.78, 5) is 0. The van der Waals surface area contributed by atoms with Crippen molar-refractivity contribution in [3.8, 4) is 0 Å². The van der Waals surface area contributed by atoms with Crippen LogP contribution in [-0.4, -0.2) is 163 Å². The Morgan fingerprint density at radius 2 is 0.915 bits per heavy atom. The Kier molecular flexibility index (Phi) is 66.8. The van der Waals surface area contributed by atoms with Crippen molar-refractivity contribution in [1.29, 1.82) is 0 Å². The molecule has 71 heavy (non-hydrogen) atoms. The molecule has 1 saturated carbocycles. The van der Waals surface area contributed by atoms with Crippen molar-refractivity contribution < 1.29 is 28.4 Å². The molecule has 0 aromatic heterocycles. The van der Waals surface area contributed by atoms with E-state index in [2.05, 4.69) is 122 Å². The molecule has 13 heteroatoms. The van der Waals surface area contributed by atoms with Gasteiger partial charge in [0.2, 0.25) is 0 Å². The molecule has 0 amide bonds. The van der Waals surface area contributed by atoms with Gasteiger partial charge in [0, 0.05) is 85.4 Å². The topological polar surface area (TPSA) is 128 Å². The minimum absolute atomic E-state index is 0. The molecule has 0 aromatic rings. The highest BCUT2D eigenvalue weighted by Crippen LogP contribution is 2.21. The molecule has 6 saturated heterocycles. The molecule has 6 atom stereocenters. The predicted octanol–water partition coefficient (Wildman–Crippen LogP) is 11.5. The quantitative estimate of drug-likeness (QED) is 0.102. The summed E-state index contributed by atoms with van der Waals surface area (Å²) in [5.41, 5.74) is 0.483. The van der Waals surface area contributed by atoms with Gasteiger partial charge in [-0.3, -0.25) is 0 Å². The fraction of sp³-hybridized carbons (Fsp3) is 1.00. The first-order chi connectivity index (χ1) is 30.4. The van der Waals surface area contributed by atoms with E-state index in [0.717, 1.165) is 144 Å². The maximum atomic E-state index is 5.53. The Balaban J connectivity index is -0.000000106. The van der Waals surface area contributed by atoms with Gasteiger partial charge in [0.1, 0.15) is 0 Å². The van der Waals surface area contributed by atoms with Gasteiger partial charge in [0.15, 0.2) is 0 Å². The van der Waals surface area contributed by atoms with Crippen LogP contribution < -0.4 is 31.9 Å². The van der Waals surface area contributed by atoms with Gasteiger partial charge in [-0.25, -0.2) is 0 Å². The summed E-state index contributed by atoms with van der Waals surface area (Å²) in [5.74, 6) is 3.00. The van der Waals surface area contributed by atoms with Crippen LogP contribution in [-0.2, 0) is 28.4 Å². The third-order valence-electron chi connectivity index (χ3n) is 12.7. The Hall–Kier alpha value is -0.415. The van der Waals surface area contributed by atoms with Crippen molar-refractivity contribution in [2.75, 3.05) is 125 Å². The van der Waals surface area contributed by atoms with Gasteiger partial charge in [0.05, 0.1) is 69.7 Å². The van der Waals surface area contributed by atoms with Crippen LogP contribution in [0, 0.1) is 29.1 Å². The molecular formula is C58H136BN6O6. The van der Waals surface area contributed by atoms with Crippen molar-refractivity contribution in [3.05, 3.63) is 0 Å². The lowest BCUT2D eigenvalue weighted by Crippen LogP contribution is -2.34. The summed E-state index contributed by atoms with van der Waals surface area (Å²) in [6.45, 7) is 50.9. The summed E-state index contributed by atoms with van der Waals surface area (Å²) in [5, 5.41) is 19.9. The van der Waals surface area contributed by atoms with E-state index in [9.17, 15) is 0 Å². The molecule has 7 rings (SSSR count). The molecule has 6 heterocycles. The Morgan fingerprint density at radius 3 is 1.46 bits per heavy atom. The number of ether oxygens (including phenoxy) is 6. The molecule has 6 unspecified atom stereocenters. The second-order valence-electron chi connectivity index (χ2n) is 21.0. The van der Waals surface area contributed by atoms with Crippen LogP contribution in [0.2, 0.25) is 0 Å². The molecule has 12 nitrogen and oxygen atoms in total. The predicted molar refractivity (Wildman–Crippen MR) is 319 cm³/mol. The van der Waals surface area contributed by atoms with Gasteiger partial charge in [-0.2, -0.15) is 0 Å². The zero-order valence-electron chi connectivity index (χ0n) is 45.7. The standard InChI is InChI=1S/C8H16.6C7H15NO.C2H6.6CH4.B/c1-8-6-4-2-3-5-7-8;1-7(2)5-8-3-4-9-6-7;1-7(2)3-4-8-5-6-9-7;1-6-5-9-4-3-8-7(6)2;2*1-6-5-8-3-4-9-7(6)2;1-7(2)6-8-4-3-5-9-7;1-2;;;;;;;/h8H,2-7H2,1H3;2*8H,3-6H2,1-2H3;3*6-8H,3-5H2,1-2H3;8H,3-6H2,1-2H3;1-2H3;6*1H4;. The molecule has 3 radical (unpaired) electrons. The number of rotatable bonds is 0. The Morgan fingerprint density at radius 1 is 0.437 bits per heavy atom. The monoisotopic (exact) mass is 1020 g/mol. The molecule has 7 aliphatic rings.